The highest BCUT2D eigenvalue weighted by Gasteiger charge is 2.24. The van der Waals surface area contributed by atoms with Gasteiger partial charge in [-0.1, -0.05) is 62.9 Å². The Balaban J connectivity index is 1.48. The number of amides is 1. The number of fused-ring (bicyclic) bond motifs is 1. The van der Waals surface area contributed by atoms with Crippen LogP contribution in [-0.2, 0) is 11.2 Å². The van der Waals surface area contributed by atoms with Crippen LogP contribution in [0.5, 0.6) is 5.75 Å². The smallest absolute Gasteiger partial charge is 0.219 e. The van der Waals surface area contributed by atoms with E-state index in [0.717, 1.165) is 34.5 Å². The van der Waals surface area contributed by atoms with Crippen molar-refractivity contribution >= 4 is 23.0 Å². The van der Waals surface area contributed by atoms with E-state index in [9.17, 15) is 10.1 Å². The second kappa shape index (κ2) is 13.1. The van der Waals surface area contributed by atoms with Gasteiger partial charge in [-0.2, -0.15) is 5.26 Å². The van der Waals surface area contributed by atoms with Crippen molar-refractivity contribution in [2.45, 2.75) is 59.1 Å². The van der Waals surface area contributed by atoms with Gasteiger partial charge in [-0.25, -0.2) is 0 Å². The number of carbonyl (C=O) groups is 1. The Morgan fingerprint density at radius 1 is 1.18 bits per heavy atom. The molecule has 1 aliphatic heterocycles. The van der Waals surface area contributed by atoms with E-state index in [1.54, 1.807) is 12.1 Å². The third-order valence-corrected chi connectivity index (χ3v) is 7.01. The highest BCUT2D eigenvalue weighted by molar-refractivity contribution is 6.10. The van der Waals surface area contributed by atoms with Gasteiger partial charge in [0.1, 0.15) is 11.8 Å². The first-order valence-corrected chi connectivity index (χ1v) is 14.0. The lowest BCUT2D eigenvalue weighted by molar-refractivity contribution is -0.120. The van der Waals surface area contributed by atoms with Gasteiger partial charge in [-0.3, -0.25) is 9.79 Å². The fraction of sp³-hybridized carbons (Fsp3) is 0.324. The fourth-order valence-corrected chi connectivity index (χ4v) is 4.88. The lowest BCUT2D eigenvalue weighted by atomic mass is 9.91. The van der Waals surface area contributed by atoms with Crippen LogP contribution in [0.1, 0.15) is 62.8 Å². The first-order chi connectivity index (χ1) is 19.3. The first kappa shape index (κ1) is 28.6. The van der Waals surface area contributed by atoms with Crippen LogP contribution < -0.4 is 15.4 Å². The summed E-state index contributed by atoms with van der Waals surface area (Å²) in [6, 6.07) is 16.1. The zero-order chi connectivity index (χ0) is 28.6. The van der Waals surface area contributed by atoms with Gasteiger partial charge in [0.15, 0.2) is 0 Å². The molecule has 206 valence electrons. The third kappa shape index (κ3) is 6.98. The Morgan fingerprint density at radius 3 is 2.62 bits per heavy atom. The van der Waals surface area contributed by atoms with Crippen LogP contribution in [0.15, 0.2) is 83.9 Å². The largest absolute Gasteiger partial charge is 0.490 e. The molecule has 4 rings (SSSR count). The second-order valence-electron chi connectivity index (χ2n) is 10.4. The average Bonchev–Trinajstić information content (AvgIpc) is 3.40. The van der Waals surface area contributed by atoms with Crippen molar-refractivity contribution in [3.8, 4) is 11.8 Å². The normalized spacial score (nSPS) is 16.3. The third-order valence-electron chi connectivity index (χ3n) is 7.01. The van der Waals surface area contributed by atoms with Gasteiger partial charge in [0.2, 0.25) is 5.91 Å². The Kier molecular flexibility index (Phi) is 9.39. The second-order valence-corrected chi connectivity index (χ2v) is 10.4. The summed E-state index contributed by atoms with van der Waals surface area (Å²) in [6.45, 7) is 12.5. The van der Waals surface area contributed by atoms with Crippen LogP contribution in [0.4, 0.5) is 0 Å². The van der Waals surface area contributed by atoms with Gasteiger partial charge in [0, 0.05) is 30.6 Å². The zero-order valence-electron chi connectivity index (χ0n) is 23.8. The molecule has 1 heterocycles. The lowest BCUT2D eigenvalue weighted by Gasteiger charge is -2.23. The van der Waals surface area contributed by atoms with Crippen molar-refractivity contribution in [2.75, 3.05) is 6.54 Å². The molecular formula is C34H38N4O2. The summed E-state index contributed by atoms with van der Waals surface area (Å²) in [7, 11) is 0. The maximum atomic E-state index is 12.0. The molecule has 2 atom stereocenters. The number of aliphatic imine (C=N–C) groups is 1. The molecule has 0 saturated heterocycles. The molecule has 2 aliphatic rings. The maximum absolute atomic E-state index is 12.0. The van der Waals surface area contributed by atoms with Crippen molar-refractivity contribution < 1.29 is 9.53 Å². The summed E-state index contributed by atoms with van der Waals surface area (Å²) in [5.74, 6) is 0.808. The van der Waals surface area contributed by atoms with Crippen LogP contribution in [0.2, 0.25) is 0 Å². The van der Waals surface area contributed by atoms with E-state index in [1.165, 1.54) is 5.57 Å². The van der Waals surface area contributed by atoms with E-state index in [-0.39, 0.29) is 24.0 Å². The minimum absolute atomic E-state index is 0.00184. The molecule has 40 heavy (non-hydrogen) atoms. The summed E-state index contributed by atoms with van der Waals surface area (Å²) in [5.41, 5.74) is 7.63. The fourth-order valence-electron chi connectivity index (χ4n) is 4.88. The van der Waals surface area contributed by atoms with Gasteiger partial charge in [-0.05, 0) is 73.2 Å². The molecule has 2 aromatic rings. The molecule has 0 aromatic heterocycles. The molecular weight excluding hydrogens is 496 g/mol. The molecule has 0 fully saturated rings. The lowest BCUT2D eigenvalue weighted by Crippen LogP contribution is -2.41. The molecule has 1 amide bonds. The van der Waals surface area contributed by atoms with E-state index in [1.807, 2.05) is 26.8 Å². The number of nitriles is 1. The molecule has 1 aliphatic carbocycles. The van der Waals surface area contributed by atoms with Crippen molar-refractivity contribution in [3.63, 3.8) is 0 Å². The molecule has 2 aromatic carbocycles. The quantitative estimate of drug-likeness (QED) is 0.332. The number of allylic oxidation sites excluding steroid dienone is 5. The average molecular weight is 535 g/mol. The van der Waals surface area contributed by atoms with Crippen LogP contribution in [0.3, 0.4) is 0 Å². The van der Waals surface area contributed by atoms with Gasteiger partial charge < -0.3 is 15.4 Å². The molecule has 6 nitrogen and oxygen atoms in total. The van der Waals surface area contributed by atoms with Crippen LogP contribution >= 0.6 is 0 Å². The van der Waals surface area contributed by atoms with E-state index < -0.39 is 0 Å². The van der Waals surface area contributed by atoms with E-state index in [2.05, 4.69) is 78.8 Å². The summed E-state index contributed by atoms with van der Waals surface area (Å²) in [4.78, 5) is 17.0. The Hall–Kier alpha value is -4.37. The predicted molar refractivity (Wildman–Crippen MR) is 163 cm³/mol. The highest BCUT2D eigenvalue weighted by atomic mass is 16.5. The van der Waals surface area contributed by atoms with Gasteiger partial charge in [-0.15, -0.1) is 0 Å². The summed E-state index contributed by atoms with van der Waals surface area (Å²) in [6.07, 6.45) is 10.8. The Labute approximate surface area is 237 Å². The SMILES string of the molecule is C=C(NC(CNC(=O)CC)Cc1ccc(C2=CC3C=CC=C(CC)C3=N2)cc1)c1ccc(OC(C)C)c(C#N)c1. The minimum atomic E-state index is -0.0952. The molecule has 2 N–H and O–H groups in total. The topological polar surface area (TPSA) is 86.5 Å². The summed E-state index contributed by atoms with van der Waals surface area (Å²) < 4.78 is 5.76. The number of hydrogen-bond donors (Lipinski definition) is 2. The molecule has 6 heteroatoms. The number of carbonyl (C=O) groups excluding carboxylic acids is 1. The van der Waals surface area contributed by atoms with E-state index in [0.29, 0.717) is 36.4 Å². The van der Waals surface area contributed by atoms with Crippen LogP contribution in [-0.4, -0.2) is 30.3 Å². The molecule has 0 bridgehead atoms. The summed E-state index contributed by atoms with van der Waals surface area (Å²) >= 11 is 0. The van der Waals surface area contributed by atoms with Crippen molar-refractivity contribution in [1.82, 2.24) is 10.6 Å². The number of nitrogens with one attached hydrogen (secondary N) is 2. The monoisotopic (exact) mass is 534 g/mol. The molecule has 2 unspecified atom stereocenters. The molecule has 0 spiro atoms. The van der Waals surface area contributed by atoms with Gasteiger partial charge in [0.05, 0.1) is 23.1 Å². The number of nitrogens with zero attached hydrogens (tertiary/aromatic N) is 2. The number of ether oxygens (including phenoxy) is 1. The first-order valence-electron chi connectivity index (χ1n) is 14.0. The molecule has 0 radical (unpaired) electrons. The number of rotatable bonds is 12. The highest BCUT2D eigenvalue weighted by Crippen LogP contribution is 2.32. The van der Waals surface area contributed by atoms with Crippen molar-refractivity contribution in [2.24, 2.45) is 10.9 Å². The minimum Gasteiger partial charge on any atom is -0.490 e. The summed E-state index contributed by atoms with van der Waals surface area (Å²) in [5, 5.41) is 16.1. The predicted octanol–water partition coefficient (Wildman–Crippen LogP) is 6.36. The van der Waals surface area contributed by atoms with E-state index in [4.69, 9.17) is 9.73 Å². The van der Waals surface area contributed by atoms with Crippen molar-refractivity contribution in [1.29, 1.82) is 5.26 Å². The number of benzene rings is 2. The number of hydrogen-bond acceptors (Lipinski definition) is 5. The van der Waals surface area contributed by atoms with Gasteiger partial charge >= 0.3 is 0 Å². The zero-order valence-corrected chi connectivity index (χ0v) is 23.8. The maximum Gasteiger partial charge on any atom is 0.219 e. The standard InChI is InChI=1S/C34H38N4O2/c1-6-25-9-8-10-28-19-31(38-34(25)28)26-13-11-24(12-14-26)17-30(21-36-33(39)7-2)37-23(5)27-15-16-32(40-22(3)4)29(18-27)20-35/h8-16,18-19,22,28,30,37H,5-7,17,21H2,1-4H3,(H,36,39). The molecule has 0 saturated carbocycles. The van der Waals surface area contributed by atoms with Crippen LogP contribution in [0, 0.1) is 17.2 Å². The Morgan fingerprint density at radius 2 is 1.95 bits per heavy atom. The Bertz CT molecular complexity index is 1420. The van der Waals surface area contributed by atoms with E-state index >= 15 is 0 Å². The van der Waals surface area contributed by atoms with Crippen molar-refractivity contribution in [3.05, 3.63) is 101 Å². The van der Waals surface area contributed by atoms with Crippen LogP contribution in [0.25, 0.3) is 11.4 Å². The van der Waals surface area contributed by atoms with Gasteiger partial charge in [0.25, 0.3) is 0 Å².